The lowest BCUT2D eigenvalue weighted by Gasteiger charge is -2.35. The van der Waals surface area contributed by atoms with Gasteiger partial charge in [0.25, 0.3) is 5.91 Å². The van der Waals surface area contributed by atoms with Gasteiger partial charge in [0.1, 0.15) is 5.75 Å². The maximum absolute atomic E-state index is 13.5. The second-order valence-corrected chi connectivity index (χ2v) is 11.6. The van der Waals surface area contributed by atoms with E-state index in [1.54, 1.807) is 6.07 Å². The van der Waals surface area contributed by atoms with Crippen molar-refractivity contribution in [2.75, 3.05) is 56.6 Å². The lowest BCUT2D eigenvalue weighted by atomic mass is 9.83. The van der Waals surface area contributed by atoms with Crippen LogP contribution >= 0.6 is 0 Å². The fourth-order valence-corrected chi connectivity index (χ4v) is 6.02. The zero-order chi connectivity index (χ0) is 32.1. The highest BCUT2D eigenvalue weighted by molar-refractivity contribution is 6.22. The van der Waals surface area contributed by atoms with Crippen molar-refractivity contribution in [3.05, 3.63) is 88.0 Å². The smallest absolute Gasteiger partial charge is 0.300 e. The summed E-state index contributed by atoms with van der Waals surface area (Å²) in [6.07, 6.45) is 3.85. The molecule has 1 amide bonds. The number of hydrazine groups is 1. The molecule has 1 unspecified atom stereocenters. The van der Waals surface area contributed by atoms with Gasteiger partial charge in [0.05, 0.1) is 22.8 Å². The summed E-state index contributed by atoms with van der Waals surface area (Å²) in [5, 5.41) is 27.6. The van der Waals surface area contributed by atoms with Crippen LogP contribution in [0.25, 0.3) is 16.6 Å². The summed E-state index contributed by atoms with van der Waals surface area (Å²) in [4.78, 5) is 26.6. The highest BCUT2D eigenvalue weighted by atomic mass is 16.6. The average Bonchev–Trinajstić information content (AvgIpc) is 3.56. The molecule has 4 aromatic rings. The van der Waals surface area contributed by atoms with E-state index in [0.29, 0.717) is 29.9 Å². The fraction of sp³-hybridized carbons (Fsp3) is 0.364. The molecule has 2 aliphatic heterocycles. The van der Waals surface area contributed by atoms with Gasteiger partial charge < -0.3 is 25.7 Å². The Morgan fingerprint density at radius 2 is 1.80 bits per heavy atom. The second kappa shape index (κ2) is 13.5. The van der Waals surface area contributed by atoms with E-state index in [4.69, 9.17) is 9.37 Å². The first-order chi connectivity index (χ1) is 22.3. The molecular weight excluding hydrogens is 588 g/mol. The number of nitrogens with one attached hydrogen (secondary N) is 3. The first-order valence-electron chi connectivity index (χ1n) is 15.6. The molecule has 13 heteroatoms. The van der Waals surface area contributed by atoms with Crippen LogP contribution in [-0.2, 0) is 10.3 Å². The lowest BCUT2D eigenvalue weighted by Crippen LogP contribution is -2.48. The number of nitro groups is 1. The summed E-state index contributed by atoms with van der Waals surface area (Å²) in [7, 11) is 0. The number of nitro benzene ring substituents is 1. The number of fused-ring (bicyclic) bond motifs is 2. The van der Waals surface area contributed by atoms with Crippen molar-refractivity contribution in [1.29, 1.82) is 0 Å². The van der Waals surface area contributed by atoms with Gasteiger partial charge in [-0.15, -0.1) is 0 Å². The largest absolute Gasteiger partial charge is 0.494 e. The Balaban J connectivity index is 0.982. The highest BCUT2D eigenvalue weighted by Gasteiger charge is 2.32. The lowest BCUT2D eigenvalue weighted by molar-refractivity contribution is -0.383. The quantitative estimate of drug-likeness (QED) is 0.113. The Hall–Kier alpha value is -5.01. The minimum absolute atomic E-state index is 0.0755. The van der Waals surface area contributed by atoms with Gasteiger partial charge in [-0.25, -0.2) is 9.64 Å². The van der Waals surface area contributed by atoms with Crippen LogP contribution in [0.1, 0.15) is 37.8 Å². The van der Waals surface area contributed by atoms with E-state index in [1.807, 2.05) is 61.5 Å². The molecule has 0 aliphatic carbocycles. The number of hydrogen-bond acceptors (Lipinski definition) is 11. The summed E-state index contributed by atoms with van der Waals surface area (Å²) in [5.41, 5.74) is 7.23. The summed E-state index contributed by atoms with van der Waals surface area (Å²) >= 11 is 0. The average molecular weight is 627 g/mol. The summed E-state index contributed by atoms with van der Waals surface area (Å²) in [6, 6.07) is 19.0. The van der Waals surface area contributed by atoms with E-state index in [1.165, 1.54) is 6.07 Å². The van der Waals surface area contributed by atoms with Crippen LogP contribution < -0.4 is 20.8 Å². The maximum Gasteiger partial charge on any atom is 0.300 e. The molecule has 0 spiro atoms. The van der Waals surface area contributed by atoms with Crippen molar-refractivity contribution in [1.82, 2.24) is 25.5 Å². The molecule has 0 saturated carbocycles. The Kier molecular flexibility index (Phi) is 9.13. The molecule has 1 saturated heterocycles. The number of rotatable bonds is 12. The van der Waals surface area contributed by atoms with Crippen LogP contribution in [0, 0.1) is 10.1 Å². The Morgan fingerprint density at radius 3 is 2.57 bits per heavy atom. The van der Waals surface area contributed by atoms with E-state index in [0.717, 1.165) is 68.1 Å². The number of carbonyl (C=O) groups is 1. The topological polar surface area (TPSA) is 151 Å². The third-order valence-electron chi connectivity index (χ3n) is 8.48. The Labute approximate surface area is 266 Å². The third-order valence-corrected chi connectivity index (χ3v) is 8.48. The van der Waals surface area contributed by atoms with Gasteiger partial charge >= 0.3 is 5.69 Å². The van der Waals surface area contributed by atoms with E-state index < -0.39 is 10.5 Å². The zero-order valence-corrected chi connectivity index (χ0v) is 26.0. The molecular formula is C33H38N8O5. The van der Waals surface area contributed by atoms with Crippen molar-refractivity contribution in [3.8, 4) is 5.75 Å². The van der Waals surface area contributed by atoms with E-state index in [9.17, 15) is 14.9 Å². The molecule has 1 fully saturated rings. The number of aromatic nitrogens is 2. The molecule has 0 bridgehead atoms. The van der Waals surface area contributed by atoms with Crippen LogP contribution in [-0.4, -0.2) is 76.9 Å². The van der Waals surface area contributed by atoms with Crippen LogP contribution in [0.15, 0.2) is 71.4 Å². The minimum atomic E-state index is -0.556. The molecule has 3 aromatic carbocycles. The molecule has 6 rings (SSSR count). The number of unbranched alkanes of at least 4 members (excludes halogenated alkanes) is 1. The first kappa shape index (κ1) is 31.0. The standard InChI is InChI=1S/C33H38N8O5/c1-3-45-24-12-10-23(11-13-24)33(2)22-26(25-8-4-5-9-27(25)35-33)32(42)34-16-6-7-17-39-18-20-40(21-19-39)36-28-14-15-29(41(43)44)31-30(28)37-46-38-31/h4-5,8-15,22,35-36H,3,6-7,16-21H2,1-2H3,(H,34,42). The van der Waals surface area contributed by atoms with Crippen molar-refractivity contribution in [2.24, 2.45) is 0 Å². The van der Waals surface area contributed by atoms with Crippen LogP contribution in [0.3, 0.4) is 0 Å². The fourth-order valence-electron chi connectivity index (χ4n) is 6.02. The number of non-ortho nitro benzene ring substituents is 1. The van der Waals surface area contributed by atoms with Gasteiger partial charge in [0.15, 0.2) is 5.52 Å². The molecule has 2 aliphatic rings. The van der Waals surface area contributed by atoms with Crippen LogP contribution in [0.2, 0.25) is 0 Å². The minimum Gasteiger partial charge on any atom is -0.494 e. The van der Waals surface area contributed by atoms with E-state index in [2.05, 4.69) is 43.2 Å². The predicted octanol–water partition coefficient (Wildman–Crippen LogP) is 4.80. The number of nitrogens with zero attached hydrogens (tertiary/aromatic N) is 5. The Bertz CT molecular complexity index is 1730. The molecule has 3 heterocycles. The monoisotopic (exact) mass is 626 g/mol. The van der Waals surface area contributed by atoms with Gasteiger partial charge in [-0.3, -0.25) is 14.9 Å². The molecule has 240 valence electrons. The van der Waals surface area contributed by atoms with Crippen LogP contribution in [0.4, 0.5) is 17.1 Å². The van der Waals surface area contributed by atoms with Gasteiger partial charge in [-0.05, 0) is 79.5 Å². The highest BCUT2D eigenvalue weighted by Crippen LogP contribution is 2.39. The first-order valence-corrected chi connectivity index (χ1v) is 15.6. The number of anilines is 2. The molecule has 13 nitrogen and oxygen atoms in total. The predicted molar refractivity (Wildman–Crippen MR) is 175 cm³/mol. The van der Waals surface area contributed by atoms with Gasteiger partial charge in [-0.1, -0.05) is 30.3 Å². The molecule has 0 radical (unpaired) electrons. The van der Waals surface area contributed by atoms with Gasteiger partial charge in [-0.2, -0.15) is 0 Å². The summed E-state index contributed by atoms with van der Waals surface area (Å²) in [6.45, 7) is 9.47. The number of amides is 1. The molecule has 3 N–H and O–H groups in total. The number of carbonyl (C=O) groups excluding carboxylic acids is 1. The second-order valence-electron chi connectivity index (χ2n) is 11.6. The van der Waals surface area contributed by atoms with Crippen molar-refractivity contribution >= 4 is 39.6 Å². The SMILES string of the molecule is CCOc1ccc(C2(C)C=C(C(=O)NCCCCN3CCN(Nc4ccc([N+](=O)[O-])c5nonc45)CC3)c3ccccc3N2)cc1. The Morgan fingerprint density at radius 1 is 1.04 bits per heavy atom. The number of para-hydroxylation sites is 1. The third kappa shape index (κ3) is 6.65. The summed E-state index contributed by atoms with van der Waals surface area (Å²) in [5.74, 6) is 0.744. The number of piperazine rings is 1. The van der Waals surface area contributed by atoms with E-state index >= 15 is 0 Å². The molecule has 1 atom stereocenters. The summed E-state index contributed by atoms with van der Waals surface area (Å²) < 4.78 is 10.4. The normalized spacial score (nSPS) is 18.3. The van der Waals surface area contributed by atoms with Gasteiger partial charge in [0, 0.05) is 55.6 Å². The molecule has 1 aromatic heterocycles. The van der Waals surface area contributed by atoms with Crippen LogP contribution in [0.5, 0.6) is 5.75 Å². The number of hydrogen-bond donors (Lipinski definition) is 3. The maximum atomic E-state index is 13.5. The number of benzene rings is 3. The number of ether oxygens (including phenoxy) is 1. The zero-order valence-electron chi connectivity index (χ0n) is 26.0. The van der Waals surface area contributed by atoms with Crippen molar-refractivity contribution in [3.63, 3.8) is 0 Å². The van der Waals surface area contributed by atoms with E-state index in [-0.39, 0.29) is 17.1 Å². The van der Waals surface area contributed by atoms with Crippen molar-refractivity contribution < 1.29 is 19.1 Å². The van der Waals surface area contributed by atoms with Crippen molar-refractivity contribution in [2.45, 2.75) is 32.2 Å². The van der Waals surface area contributed by atoms with Gasteiger partial charge in [0.2, 0.25) is 5.52 Å². The molecule has 46 heavy (non-hydrogen) atoms.